The minimum absolute atomic E-state index is 0.0181. The van der Waals surface area contributed by atoms with E-state index in [-0.39, 0.29) is 23.9 Å². The van der Waals surface area contributed by atoms with Crippen LogP contribution in [0.4, 0.5) is 5.69 Å². The molecule has 0 radical (unpaired) electrons. The van der Waals surface area contributed by atoms with Gasteiger partial charge in [-0.1, -0.05) is 18.2 Å². The maximum absolute atomic E-state index is 13.1. The number of anilines is 1. The SMILES string of the molecule is Cc1cc(C(=O)NC2CCN(CC(=O)Nc3ccccc3)CC2)c2cnn(C(C)C)c2n1. The third kappa shape index (κ3) is 4.96. The molecule has 2 amide bonds. The highest BCUT2D eigenvalue weighted by Crippen LogP contribution is 2.21. The van der Waals surface area contributed by atoms with E-state index in [9.17, 15) is 9.59 Å². The number of amides is 2. The summed E-state index contributed by atoms with van der Waals surface area (Å²) in [6.07, 6.45) is 3.34. The van der Waals surface area contributed by atoms with Crippen LogP contribution in [0, 0.1) is 6.92 Å². The van der Waals surface area contributed by atoms with E-state index in [2.05, 4.69) is 25.6 Å². The third-order valence-electron chi connectivity index (χ3n) is 5.78. The van der Waals surface area contributed by atoms with E-state index in [0.717, 1.165) is 48.3 Å². The van der Waals surface area contributed by atoms with Gasteiger partial charge in [0, 0.05) is 36.6 Å². The van der Waals surface area contributed by atoms with E-state index in [4.69, 9.17) is 0 Å². The average Bonchev–Trinajstić information content (AvgIpc) is 3.19. The van der Waals surface area contributed by atoms with Gasteiger partial charge in [-0.2, -0.15) is 5.10 Å². The Bertz CT molecular complexity index is 1100. The van der Waals surface area contributed by atoms with Crippen LogP contribution in [-0.4, -0.2) is 57.2 Å². The number of nitrogens with one attached hydrogen (secondary N) is 2. The van der Waals surface area contributed by atoms with Crippen LogP contribution in [0.5, 0.6) is 0 Å². The summed E-state index contributed by atoms with van der Waals surface area (Å²) >= 11 is 0. The van der Waals surface area contributed by atoms with Crippen LogP contribution in [0.25, 0.3) is 11.0 Å². The first-order valence-corrected chi connectivity index (χ1v) is 11.1. The zero-order valence-electron chi connectivity index (χ0n) is 18.8. The van der Waals surface area contributed by atoms with Gasteiger partial charge in [0.25, 0.3) is 5.91 Å². The number of fused-ring (bicyclic) bond motifs is 1. The molecule has 8 nitrogen and oxygen atoms in total. The molecule has 0 bridgehead atoms. The highest BCUT2D eigenvalue weighted by molar-refractivity contribution is 6.05. The Morgan fingerprint density at radius 1 is 1.16 bits per heavy atom. The Hall–Kier alpha value is -3.26. The monoisotopic (exact) mass is 434 g/mol. The summed E-state index contributed by atoms with van der Waals surface area (Å²) in [5.41, 5.74) is 2.96. The Labute approximate surface area is 188 Å². The number of hydrogen-bond donors (Lipinski definition) is 2. The highest BCUT2D eigenvalue weighted by atomic mass is 16.2. The van der Waals surface area contributed by atoms with Gasteiger partial charge in [0.15, 0.2) is 5.65 Å². The van der Waals surface area contributed by atoms with Crippen LogP contribution in [0.2, 0.25) is 0 Å². The van der Waals surface area contributed by atoms with Gasteiger partial charge in [0.2, 0.25) is 5.91 Å². The van der Waals surface area contributed by atoms with Crippen molar-refractivity contribution < 1.29 is 9.59 Å². The summed E-state index contributed by atoms with van der Waals surface area (Å²) in [6.45, 7) is 7.88. The molecule has 0 aliphatic carbocycles. The third-order valence-corrected chi connectivity index (χ3v) is 5.78. The summed E-state index contributed by atoms with van der Waals surface area (Å²) in [7, 11) is 0. The van der Waals surface area contributed by atoms with Gasteiger partial charge in [-0.25, -0.2) is 9.67 Å². The molecule has 3 heterocycles. The number of likely N-dealkylation sites (tertiary alicyclic amines) is 1. The Balaban J connectivity index is 1.33. The number of pyridine rings is 1. The number of carbonyl (C=O) groups excluding carboxylic acids is 2. The lowest BCUT2D eigenvalue weighted by atomic mass is 10.0. The van der Waals surface area contributed by atoms with E-state index < -0.39 is 0 Å². The van der Waals surface area contributed by atoms with Crippen LogP contribution in [0.3, 0.4) is 0 Å². The first-order chi connectivity index (χ1) is 15.4. The molecule has 1 aromatic carbocycles. The number of carbonyl (C=O) groups is 2. The number of hydrogen-bond acceptors (Lipinski definition) is 5. The summed E-state index contributed by atoms with van der Waals surface area (Å²) in [5, 5.41) is 11.3. The predicted octanol–water partition coefficient (Wildman–Crippen LogP) is 3.15. The molecule has 1 saturated heterocycles. The molecule has 0 unspecified atom stereocenters. The fraction of sp³-hybridized carbons (Fsp3) is 0.417. The maximum atomic E-state index is 13.1. The number of benzene rings is 1. The Kier molecular flexibility index (Phi) is 6.50. The van der Waals surface area contributed by atoms with Crippen molar-refractivity contribution in [1.29, 1.82) is 0 Å². The minimum Gasteiger partial charge on any atom is -0.349 e. The summed E-state index contributed by atoms with van der Waals surface area (Å²) < 4.78 is 1.85. The smallest absolute Gasteiger partial charge is 0.252 e. The van der Waals surface area contributed by atoms with Gasteiger partial charge >= 0.3 is 0 Å². The van der Waals surface area contributed by atoms with E-state index >= 15 is 0 Å². The molecule has 0 saturated carbocycles. The first-order valence-electron chi connectivity index (χ1n) is 11.1. The largest absolute Gasteiger partial charge is 0.349 e. The molecular weight excluding hydrogens is 404 g/mol. The van der Waals surface area contributed by atoms with Crippen molar-refractivity contribution in [3.05, 3.63) is 53.9 Å². The molecular formula is C24H30N6O2. The first kappa shape index (κ1) is 22.0. The van der Waals surface area contributed by atoms with E-state index in [0.29, 0.717) is 12.1 Å². The van der Waals surface area contributed by atoms with Crippen molar-refractivity contribution in [2.24, 2.45) is 0 Å². The summed E-state index contributed by atoms with van der Waals surface area (Å²) in [4.78, 5) is 32.1. The minimum atomic E-state index is -0.0934. The molecule has 1 aliphatic rings. The highest BCUT2D eigenvalue weighted by Gasteiger charge is 2.24. The van der Waals surface area contributed by atoms with Crippen LogP contribution in [0.1, 0.15) is 48.8 Å². The Morgan fingerprint density at radius 3 is 2.56 bits per heavy atom. The van der Waals surface area contributed by atoms with Gasteiger partial charge in [0.05, 0.1) is 23.7 Å². The second-order valence-electron chi connectivity index (χ2n) is 8.67. The van der Waals surface area contributed by atoms with E-state index in [1.807, 2.05) is 61.9 Å². The van der Waals surface area contributed by atoms with Crippen molar-refractivity contribution in [3.63, 3.8) is 0 Å². The molecule has 4 rings (SSSR count). The van der Waals surface area contributed by atoms with Crippen LogP contribution in [-0.2, 0) is 4.79 Å². The zero-order chi connectivity index (χ0) is 22.7. The van der Waals surface area contributed by atoms with Gasteiger partial charge in [-0.3, -0.25) is 14.5 Å². The summed E-state index contributed by atoms with van der Waals surface area (Å²) in [5.74, 6) is -0.112. The van der Waals surface area contributed by atoms with Crippen molar-refractivity contribution in [2.75, 3.05) is 25.0 Å². The fourth-order valence-electron chi connectivity index (χ4n) is 4.13. The standard InChI is InChI=1S/C24H30N6O2/c1-16(2)30-23-21(14-25-30)20(13-17(3)26-23)24(32)28-19-9-11-29(12-10-19)15-22(31)27-18-7-5-4-6-8-18/h4-8,13-14,16,19H,9-12,15H2,1-3H3,(H,27,31)(H,28,32). The lowest BCUT2D eigenvalue weighted by Crippen LogP contribution is -2.46. The summed E-state index contributed by atoms with van der Waals surface area (Å²) in [6, 6.07) is 11.5. The molecule has 8 heteroatoms. The van der Waals surface area contributed by atoms with Crippen LogP contribution in [0.15, 0.2) is 42.6 Å². The molecule has 1 aliphatic heterocycles. The predicted molar refractivity (Wildman–Crippen MR) is 125 cm³/mol. The number of aryl methyl sites for hydroxylation is 1. The molecule has 32 heavy (non-hydrogen) atoms. The molecule has 2 N–H and O–H groups in total. The maximum Gasteiger partial charge on any atom is 0.252 e. The van der Waals surface area contributed by atoms with Crippen molar-refractivity contribution in [3.8, 4) is 0 Å². The molecule has 1 fully saturated rings. The quantitative estimate of drug-likeness (QED) is 0.622. The van der Waals surface area contributed by atoms with Gasteiger partial charge in [0.1, 0.15) is 0 Å². The topological polar surface area (TPSA) is 92.2 Å². The normalized spacial score (nSPS) is 15.2. The van der Waals surface area contributed by atoms with Crippen molar-refractivity contribution >= 4 is 28.5 Å². The average molecular weight is 435 g/mol. The zero-order valence-corrected chi connectivity index (χ0v) is 18.8. The van der Waals surface area contributed by atoms with E-state index in [1.54, 1.807) is 6.20 Å². The second-order valence-corrected chi connectivity index (χ2v) is 8.67. The molecule has 0 atom stereocenters. The molecule has 168 valence electrons. The van der Waals surface area contributed by atoms with Crippen LogP contribution >= 0.6 is 0 Å². The molecule has 2 aromatic heterocycles. The number of piperidine rings is 1. The second kappa shape index (κ2) is 9.48. The van der Waals surface area contributed by atoms with E-state index in [1.165, 1.54) is 0 Å². The van der Waals surface area contributed by atoms with Crippen molar-refractivity contribution in [2.45, 2.75) is 45.7 Å². The number of aromatic nitrogens is 3. The number of rotatable bonds is 6. The number of nitrogens with zero attached hydrogens (tertiary/aromatic N) is 4. The van der Waals surface area contributed by atoms with Gasteiger partial charge in [-0.05, 0) is 51.8 Å². The fourth-order valence-corrected chi connectivity index (χ4v) is 4.13. The van der Waals surface area contributed by atoms with Crippen LogP contribution < -0.4 is 10.6 Å². The molecule has 0 spiro atoms. The van der Waals surface area contributed by atoms with Gasteiger partial charge in [-0.15, -0.1) is 0 Å². The Morgan fingerprint density at radius 2 is 1.88 bits per heavy atom. The molecule has 3 aromatic rings. The van der Waals surface area contributed by atoms with Gasteiger partial charge < -0.3 is 10.6 Å². The lowest BCUT2D eigenvalue weighted by molar-refractivity contribution is -0.117. The number of para-hydroxylation sites is 1. The lowest BCUT2D eigenvalue weighted by Gasteiger charge is -2.31. The van der Waals surface area contributed by atoms with Crippen molar-refractivity contribution in [1.82, 2.24) is 25.0 Å².